The topological polar surface area (TPSA) is 87.6 Å². The molecule has 100 valence electrons. The summed E-state index contributed by atoms with van der Waals surface area (Å²) >= 11 is 0. The van der Waals surface area contributed by atoms with E-state index in [1.807, 2.05) is 6.92 Å². The van der Waals surface area contributed by atoms with Gasteiger partial charge in [-0.25, -0.2) is 0 Å². The number of nitro groups is 1. The first-order valence-corrected chi connectivity index (χ1v) is 5.93. The third-order valence-corrected chi connectivity index (χ3v) is 2.21. The molecule has 6 nitrogen and oxygen atoms in total. The van der Waals surface area contributed by atoms with Crippen LogP contribution in [0.25, 0.3) is 0 Å². The normalized spacial score (nSPS) is 10.1. The lowest BCUT2D eigenvalue weighted by Gasteiger charge is -2.09. The van der Waals surface area contributed by atoms with Crippen molar-refractivity contribution in [3.8, 4) is 11.5 Å². The summed E-state index contributed by atoms with van der Waals surface area (Å²) in [7, 11) is 0. The molecular formula is C12H18N2O4. The second-order valence-corrected chi connectivity index (χ2v) is 3.73. The van der Waals surface area contributed by atoms with E-state index in [0.717, 1.165) is 12.8 Å². The number of nitrogens with two attached hydrogens (primary N) is 1. The van der Waals surface area contributed by atoms with Crippen molar-refractivity contribution in [3.63, 3.8) is 0 Å². The maximum absolute atomic E-state index is 10.8. The van der Waals surface area contributed by atoms with Crippen molar-refractivity contribution in [1.82, 2.24) is 0 Å². The van der Waals surface area contributed by atoms with Gasteiger partial charge in [0.2, 0.25) is 5.75 Å². The summed E-state index contributed by atoms with van der Waals surface area (Å²) in [5, 5.41) is 10.8. The lowest BCUT2D eigenvalue weighted by atomic mass is 10.3. The molecule has 0 heterocycles. The summed E-state index contributed by atoms with van der Waals surface area (Å²) in [4.78, 5) is 10.4. The van der Waals surface area contributed by atoms with Gasteiger partial charge in [-0.2, -0.15) is 0 Å². The minimum atomic E-state index is -0.464. The zero-order valence-electron chi connectivity index (χ0n) is 10.4. The van der Waals surface area contributed by atoms with Gasteiger partial charge in [0.05, 0.1) is 18.1 Å². The molecular weight excluding hydrogens is 236 g/mol. The highest BCUT2D eigenvalue weighted by Gasteiger charge is 2.15. The third kappa shape index (κ3) is 4.21. The zero-order valence-corrected chi connectivity index (χ0v) is 10.4. The maximum Gasteiger partial charge on any atom is 0.311 e. The van der Waals surface area contributed by atoms with Crippen LogP contribution in [0.1, 0.15) is 19.8 Å². The monoisotopic (exact) mass is 254 g/mol. The molecule has 0 saturated heterocycles. The Morgan fingerprint density at radius 2 is 2.11 bits per heavy atom. The van der Waals surface area contributed by atoms with Crippen LogP contribution < -0.4 is 15.2 Å². The van der Waals surface area contributed by atoms with Crippen LogP contribution >= 0.6 is 0 Å². The van der Waals surface area contributed by atoms with Crippen LogP contribution in [0.4, 0.5) is 5.69 Å². The van der Waals surface area contributed by atoms with Crippen molar-refractivity contribution < 1.29 is 14.4 Å². The van der Waals surface area contributed by atoms with Crippen LogP contribution in [-0.2, 0) is 0 Å². The fourth-order valence-corrected chi connectivity index (χ4v) is 1.34. The van der Waals surface area contributed by atoms with Gasteiger partial charge in [0.15, 0.2) is 0 Å². The molecule has 0 amide bonds. The lowest BCUT2D eigenvalue weighted by molar-refractivity contribution is -0.385. The van der Waals surface area contributed by atoms with Crippen molar-refractivity contribution in [1.29, 1.82) is 0 Å². The molecule has 0 radical (unpaired) electrons. The first-order chi connectivity index (χ1) is 8.69. The minimum Gasteiger partial charge on any atom is -0.493 e. The highest BCUT2D eigenvalue weighted by Crippen LogP contribution is 2.31. The van der Waals surface area contributed by atoms with Gasteiger partial charge >= 0.3 is 5.69 Å². The van der Waals surface area contributed by atoms with E-state index >= 15 is 0 Å². The first-order valence-electron chi connectivity index (χ1n) is 5.93. The molecule has 0 aliphatic carbocycles. The Kier molecular flexibility index (Phi) is 5.93. The van der Waals surface area contributed by atoms with Gasteiger partial charge in [0, 0.05) is 12.1 Å². The van der Waals surface area contributed by atoms with Gasteiger partial charge in [0.1, 0.15) is 5.75 Å². The smallest absolute Gasteiger partial charge is 0.311 e. The average molecular weight is 254 g/mol. The van der Waals surface area contributed by atoms with Gasteiger partial charge in [-0.3, -0.25) is 10.1 Å². The number of rotatable bonds is 8. The zero-order chi connectivity index (χ0) is 13.4. The molecule has 0 aliphatic heterocycles. The van der Waals surface area contributed by atoms with Gasteiger partial charge in [-0.1, -0.05) is 6.92 Å². The molecule has 2 N–H and O–H groups in total. The number of ether oxygens (including phenoxy) is 2. The lowest BCUT2D eigenvalue weighted by Crippen LogP contribution is -2.06. The molecule has 0 aromatic heterocycles. The fourth-order valence-electron chi connectivity index (χ4n) is 1.34. The number of hydrogen-bond donors (Lipinski definition) is 1. The van der Waals surface area contributed by atoms with Crippen LogP contribution in [0, 0.1) is 10.1 Å². The maximum atomic E-state index is 10.8. The molecule has 1 rings (SSSR count). The van der Waals surface area contributed by atoms with Crippen LogP contribution in [0.15, 0.2) is 18.2 Å². The summed E-state index contributed by atoms with van der Waals surface area (Å²) in [5.41, 5.74) is 5.31. The van der Waals surface area contributed by atoms with E-state index in [9.17, 15) is 10.1 Å². The number of benzene rings is 1. The molecule has 0 aliphatic rings. The summed E-state index contributed by atoms with van der Waals surface area (Å²) in [6, 6.07) is 4.50. The Morgan fingerprint density at radius 3 is 2.72 bits per heavy atom. The van der Waals surface area contributed by atoms with Crippen molar-refractivity contribution in [3.05, 3.63) is 28.3 Å². The van der Waals surface area contributed by atoms with E-state index in [2.05, 4.69) is 0 Å². The molecule has 1 aromatic rings. The third-order valence-electron chi connectivity index (χ3n) is 2.21. The largest absolute Gasteiger partial charge is 0.493 e. The van der Waals surface area contributed by atoms with Crippen LogP contribution in [0.2, 0.25) is 0 Å². The standard InChI is InChI=1S/C12H18N2O4/c1-2-7-18-12-9-10(17-8-3-6-13)4-5-11(12)14(15)16/h4-5,9H,2-3,6-8,13H2,1H3. The van der Waals surface area contributed by atoms with E-state index in [4.69, 9.17) is 15.2 Å². The first kappa shape index (κ1) is 14.2. The van der Waals surface area contributed by atoms with Crippen LogP contribution in [0.3, 0.4) is 0 Å². The van der Waals surface area contributed by atoms with E-state index in [1.54, 1.807) is 12.1 Å². The molecule has 18 heavy (non-hydrogen) atoms. The van der Waals surface area contributed by atoms with Gasteiger partial charge in [0.25, 0.3) is 0 Å². The second-order valence-electron chi connectivity index (χ2n) is 3.73. The second kappa shape index (κ2) is 7.50. The summed E-state index contributed by atoms with van der Waals surface area (Å²) in [5.74, 6) is 0.798. The van der Waals surface area contributed by atoms with E-state index in [-0.39, 0.29) is 11.4 Å². The predicted octanol–water partition coefficient (Wildman–Crippen LogP) is 2.11. The quantitative estimate of drug-likeness (QED) is 0.436. The molecule has 0 bridgehead atoms. The Labute approximate surface area is 106 Å². The van der Waals surface area contributed by atoms with Crippen LogP contribution in [-0.4, -0.2) is 24.7 Å². The van der Waals surface area contributed by atoms with Gasteiger partial charge < -0.3 is 15.2 Å². The van der Waals surface area contributed by atoms with Gasteiger partial charge in [-0.15, -0.1) is 0 Å². The van der Waals surface area contributed by atoms with Crippen LogP contribution in [0.5, 0.6) is 11.5 Å². The van der Waals surface area contributed by atoms with Crippen molar-refractivity contribution in [2.24, 2.45) is 5.73 Å². The van der Waals surface area contributed by atoms with Crippen molar-refractivity contribution in [2.45, 2.75) is 19.8 Å². The highest BCUT2D eigenvalue weighted by molar-refractivity contribution is 5.50. The summed E-state index contributed by atoms with van der Waals surface area (Å²) in [6.45, 7) is 3.41. The molecule has 0 saturated carbocycles. The number of nitrogens with zero attached hydrogens (tertiary/aromatic N) is 1. The Morgan fingerprint density at radius 1 is 1.33 bits per heavy atom. The molecule has 6 heteroatoms. The molecule has 0 fully saturated rings. The average Bonchev–Trinajstić information content (AvgIpc) is 2.36. The highest BCUT2D eigenvalue weighted by atomic mass is 16.6. The molecule has 0 atom stereocenters. The SMILES string of the molecule is CCCOc1cc(OCCCN)ccc1[N+](=O)[O-]. The van der Waals surface area contributed by atoms with E-state index in [1.165, 1.54) is 6.07 Å². The fraction of sp³-hybridized carbons (Fsp3) is 0.500. The van der Waals surface area contributed by atoms with Gasteiger partial charge in [-0.05, 0) is 25.5 Å². The summed E-state index contributed by atoms with van der Waals surface area (Å²) < 4.78 is 10.8. The minimum absolute atomic E-state index is 0.0466. The predicted molar refractivity (Wildman–Crippen MR) is 68.0 cm³/mol. The van der Waals surface area contributed by atoms with E-state index in [0.29, 0.717) is 25.5 Å². The molecule has 1 aromatic carbocycles. The Bertz CT molecular complexity index is 396. The number of hydrogen-bond acceptors (Lipinski definition) is 5. The van der Waals surface area contributed by atoms with E-state index < -0.39 is 4.92 Å². The molecule has 0 spiro atoms. The van der Waals surface area contributed by atoms with Crippen molar-refractivity contribution in [2.75, 3.05) is 19.8 Å². The Hall–Kier alpha value is -1.82. The number of nitro benzene ring substituents is 1. The molecule has 0 unspecified atom stereocenters. The summed E-state index contributed by atoms with van der Waals surface area (Å²) in [6.07, 6.45) is 1.53. The Balaban J connectivity index is 2.80. The van der Waals surface area contributed by atoms with Crippen molar-refractivity contribution >= 4 is 5.69 Å².